The van der Waals surface area contributed by atoms with Crippen molar-refractivity contribution >= 4 is 6.03 Å². The summed E-state index contributed by atoms with van der Waals surface area (Å²) in [6.45, 7) is 3.98. The third kappa shape index (κ3) is 2.77. The monoisotopic (exact) mass is 300 g/mol. The Morgan fingerprint density at radius 3 is 3.05 bits per heavy atom. The van der Waals surface area contributed by atoms with E-state index in [2.05, 4.69) is 27.1 Å². The van der Waals surface area contributed by atoms with Gasteiger partial charge in [0.2, 0.25) is 5.88 Å². The molecule has 0 bridgehead atoms. The molecule has 2 amide bonds. The maximum absolute atomic E-state index is 12.4. The van der Waals surface area contributed by atoms with Gasteiger partial charge in [0.25, 0.3) is 0 Å². The van der Waals surface area contributed by atoms with Crippen LogP contribution in [0.3, 0.4) is 0 Å². The van der Waals surface area contributed by atoms with E-state index in [4.69, 9.17) is 4.74 Å². The maximum atomic E-state index is 12.4. The standard InChI is InChI=1S/C16H20N4O2/c1-12-14-6-4-8-19(14)9-10-20(12)16(21)17-11-13-5-3-7-15(18-13)22-2/h3-8,12H,9-11H2,1-2H3,(H,17,21)/t12-/m1/s1. The first-order valence-corrected chi connectivity index (χ1v) is 7.38. The van der Waals surface area contributed by atoms with Gasteiger partial charge in [-0.3, -0.25) is 0 Å². The molecular weight excluding hydrogens is 280 g/mol. The van der Waals surface area contributed by atoms with Crippen molar-refractivity contribution in [3.05, 3.63) is 47.9 Å². The highest BCUT2D eigenvalue weighted by Crippen LogP contribution is 2.25. The van der Waals surface area contributed by atoms with Gasteiger partial charge in [0.1, 0.15) is 0 Å². The van der Waals surface area contributed by atoms with Gasteiger partial charge >= 0.3 is 6.03 Å². The molecule has 1 aliphatic rings. The summed E-state index contributed by atoms with van der Waals surface area (Å²) in [5.74, 6) is 0.552. The average Bonchev–Trinajstić information content (AvgIpc) is 3.03. The van der Waals surface area contributed by atoms with Crippen LogP contribution in [0, 0.1) is 0 Å². The number of carbonyl (C=O) groups excluding carboxylic acids is 1. The summed E-state index contributed by atoms with van der Waals surface area (Å²) in [6, 6.07) is 9.61. The molecular formula is C16H20N4O2. The summed E-state index contributed by atoms with van der Waals surface area (Å²) in [7, 11) is 1.58. The largest absolute Gasteiger partial charge is 0.481 e. The molecule has 0 spiro atoms. The van der Waals surface area contributed by atoms with Crippen molar-refractivity contribution in [3.63, 3.8) is 0 Å². The number of carbonyl (C=O) groups is 1. The Kier molecular flexibility index (Phi) is 4.00. The number of hydrogen-bond donors (Lipinski definition) is 1. The number of fused-ring (bicyclic) bond motifs is 1. The van der Waals surface area contributed by atoms with E-state index in [-0.39, 0.29) is 12.1 Å². The van der Waals surface area contributed by atoms with Gasteiger partial charge in [-0.15, -0.1) is 0 Å². The minimum Gasteiger partial charge on any atom is -0.481 e. The zero-order chi connectivity index (χ0) is 15.5. The first-order chi connectivity index (χ1) is 10.7. The molecule has 0 fully saturated rings. The Balaban J connectivity index is 1.63. The molecule has 0 radical (unpaired) electrons. The van der Waals surface area contributed by atoms with Gasteiger partial charge < -0.3 is 19.5 Å². The van der Waals surface area contributed by atoms with Gasteiger partial charge in [-0.25, -0.2) is 9.78 Å². The molecule has 0 saturated carbocycles. The number of aromatic nitrogens is 2. The van der Waals surface area contributed by atoms with Gasteiger partial charge in [-0.1, -0.05) is 6.07 Å². The smallest absolute Gasteiger partial charge is 0.318 e. The summed E-state index contributed by atoms with van der Waals surface area (Å²) in [6.07, 6.45) is 2.06. The molecule has 0 unspecified atom stereocenters. The number of nitrogens with one attached hydrogen (secondary N) is 1. The van der Waals surface area contributed by atoms with Gasteiger partial charge in [0.15, 0.2) is 0 Å². The predicted molar refractivity (Wildman–Crippen MR) is 82.6 cm³/mol. The fourth-order valence-corrected chi connectivity index (χ4v) is 2.79. The lowest BCUT2D eigenvalue weighted by molar-refractivity contribution is 0.162. The van der Waals surface area contributed by atoms with Crippen LogP contribution in [-0.4, -0.2) is 34.1 Å². The lowest BCUT2D eigenvalue weighted by Crippen LogP contribution is -2.45. The minimum absolute atomic E-state index is 0.0652. The number of ether oxygens (including phenoxy) is 1. The first-order valence-electron chi connectivity index (χ1n) is 7.38. The van der Waals surface area contributed by atoms with Gasteiger partial charge in [-0.2, -0.15) is 0 Å². The van der Waals surface area contributed by atoms with Crippen molar-refractivity contribution < 1.29 is 9.53 Å². The molecule has 2 aromatic rings. The zero-order valence-electron chi connectivity index (χ0n) is 12.8. The highest BCUT2D eigenvalue weighted by atomic mass is 16.5. The quantitative estimate of drug-likeness (QED) is 0.945. The van der Waals surface area contributed by atoms with Crippen LogP contribution < -0.4 is 10.1 Å². The number of urea groups is 1. The molecule has 0 aromatic carbocycles. The molecule has 1 atom stereocenters. The number of hydrogen-bond acceptors (Lipinski definition) is 3. The van der Waals surface area contributed by atoms with Crippen molar-refractivity contribution in [2.45, 2.75) is 26.1 Å². The molecule has 116 valence electrons. The SMILES string of the molecule is COc1cccc(CNC(=O)N2CCn3cccc3[C@H]2C)n1. The highest BCUT2D eigenvalue weighted by molar-refractivity contribution is 5.74. The summed E-state index contributed by atoms with van der Waals surface area (Å²) < 4.78 is 7.28. The lowest BCUT2D eigenvalue weighted by atomic mass is 10.1. The molecule has 6 heteroatoms. The van der Waals surface area contributed by atoms with E-state index in [0.29, 0.717) is 19.0 Å². The molecule has 0 aliphatic carbocycles. The topological polar surface area (TPSA) is 59.4 Å². The third-order valence-corrected chi connectivity index (χ3v) is 4.01. The number of methoxy groups -OCH3 is 1. The Bertz CT molecular complexity index is 668. The number of amides is 2. The third-order valence-electron chi connectivity index (χ3n) is 4.01. The molecule has 0 saturated heterocycles. The molecule has 1 N–H and O–H groups in total. The van der Waals surface area contributed by atoms with E-state index in [1.165, 1.54) is 5.69 Å². The van der Waals surface area contributed by atoms with E-state index in [0.717, 1.165) is 12.2 Å². The second-order valence-electron chi connectivity index (χ2n) is 5.33. The van der Waals surface area contributed by atoms with Crippen molar-refractivity contribution in [1.82, 2.24) is 19.8 Å². The first kappa shape index (κ1) is 14.4. The second kappa shape index (κ2) is 6.09. The van der Waals surface area contributed by atoms with Crippen LogP contribution in [0.2, 0.25) is 0 Å². The molecule has 1 aliphatic heterocycles. The Hall–Kier alpha value is -2.50. The van der Waals surface area contributed by atoms with Crippen LogP contribution in [0.4, 0.5) is 4.79 Å². The lowest BCUT2D eigenvalue weighted by Gasteiger charge is -2.34. The predicted octanol–water partition coefficient (Wildman–Crippen LogP) is 2.18. The van der Waals surface area contributed by atoms with Crippen LogP contribution in [-0.2, 0) is 13.1 Å². The summed E-state index contributed by atoms with van der Waals surface area (Å²) in [4.78, 5) is 18.6. The number of pyridine rings is 1. The minimum atomic E-state index is -0.0652. The summed E-state index contributed by atoms with van der Waals surface area (Å²) in [5, 5.41) is 2.93. The van der Waals surface area contributed by atoms with Crippen molar-refractivity contribution in [2.24, 2.45) is 0 Å². The Morgan fingerprint density at radius 1 is 1.36 bits per heavy atom. The molecule has 22 heavy (non-hydrogen) atoms. The van der Waals surface area contributed by atoms with Crippen LogP contribution in [0.1, 0.15) is 24.4 Å². The molecule has 6 nitrogen and oxygen atoms in total. The maximum Gasteiger partial charge on any atom is 0.318 e. The Labute approximate surface area is 129 Å². The summed E-state index contributed by atoms with van der Waals surface area (Å²) in [5.41, 5.74) is 1.95. The summed E-state index contributed by atoms with van der Waals surface area (Å²) >= 11 is 0. The van der Waals surface area contributed by atoms with Gasteiger partial charge in [0.05, 0.1) is 25.4 Å². The van der Waals surface area contributed by atoms with Crippen molar-refractivity contribution in [2.75, 3.05) is 13.7 Å². The number of nitrogens with zero attached hydrogens (tertiary/aromatic N) is 3. The van der Waals surface area contributed by atoms with Crippen LogP contribution in [0.15, 0.2) is 36.5 Å². The van der Waals surface area contributed by atoms with Crippen LogP contribution in [0.5, 0.6) is 5.88 Å². The van der Waals surface area contributed by atoms with E-state index in [1.807, 2.05) is 30.0 Å². The van der Waals surface area contributed by atoms with Crippen molar-refractivity contribution in [3.8, 4) is 5.88 Å². The van der Waals surface area contributed by atoms with E-state index in [1.54, 1.807) is 13.2 Å². The molecule has 3 heterocycles. The van der Waals surface area contributed by atoms with Gasteiger partial charge in [-0.05, 0) is 25.1 Å². The normalized spacial score (nSPS) is 17.0. The molecule has 2 aromatic heterocycles. The fraction of sp³-hybridized carbons (Fsp3) is 0.375. The zero-order valence-corrected chi connectivity index (χ0v) is 12.8. The van der Waals surface area contributed by atoms with Crippen molar-refractivity contribution in [1.29, 1.82) is 0 Å². The van der Waals surface area contributed by atoms with E-state index in [9.17, 15) is 4.79 Å². The van der Waals surface area contributed by atoms with E-state index < -0.39 is 0 Å². The Morgan fingerprint density at radius 2 is 2.23 bits per heavy atom. The molecule has 3 rings (SSSR count). The number of rotatable bonds is 3. The van der Waals surface area contributed by atoms with Crippen LogP contribution in [0.25, 0.3) is 0 Å². The van der Waals surface area contributed by atoms with E-state index >= 15 is 0 Å². The second-order valence-corrected chi connectivity index (χ2v) is 5.33. The average molecular weight is 300 g/mol. The van der Waals surface area contributed by atoms with Crippen LogP contribution >= 0.6 is 0 Å². The fourth-order valence-electron chi connectivity index (χ4n) is 2.79. The highest BCUT2D eigenvalue weighted by Gasteiger charge is 2.27. The van der Waals surface area contributed by atoms with Gasteiger partial charge in [0, 0.05) is 31.0 Å².